The van der Waals surface area contributed by atoms with Crippen LogP contribution in [0.3, 0.4) is 0 Å². The molecule has 3 nitrogen and oxygen atoms in total. The Balaban J connectivity index is 1.87. The van der Waals surface area contributed by atoms with Gasteiger partial charge in [-0.1, -0.05) is 17.3 Å². The number of fused-ring (bicyclic) bond motifs is 1. The molecule has 1 unspecified atom stereocenters. The van der Waals surface area contributed by atoms with Crippen LogP contribution in [0.15, 0.2) is 28.8 Å². The number of rotatable bonds is 2. The first kappa shape index (κ1) is 12.2. The maximum absolute atomic E-state index is 13.3. The lowest BCUT2D eigenvalue weighted by molar-refractivity contribution is 0.413. The van der Waals surface area contributed by atoms with E-state index >= 15 is 0 Å². The van der Waals surface area contributed by atoms with E-state index in [1.807, 2.05) is 25.1 Å². The molecule has 3 rings (SSSR count). The Kier molecular flexibility index (Phi) is 3.01. The van der Waals surface area contributed by atoms with E-state index in [0.29, 0.717) is 5.92 Å². The minimum Gasteiger partial charge on any atom is -0.347 e. The molecule has 0 spiro atoms. The third-order valence-corrected chi connectivity index (χ3v) is 3.76. The van der Waals surface area contributed by atoms with Gasteiger partial charge in [0.2, 0.25) is 5.88 Å². The zero-order valence-corrected chi connectivity index (χ0v) is 11.2. The lowest BCUT2D eigenvalue weighted by Gasteiger charge is -2.22. The second-order valence-corrected chi connectivity index (χ2v) is 5.30. The zero-order valence-electron chi connectivity index (χ0n) is 11.2. The molecule has 1 aromatic heterocycles. The van der Waals surface area contributed by atoms with E-state index < -0.39 is 0 Å². The normalized spacial score (nSPS) is 18.2. The van der Waals surface area contributed by atoms with Gasteiger partial charge < -0.3 is 9.42 Å². The Hall–Kier alpha value is -1.84. The fraction of sp³-hybridized carbons (Fsp3) is 0.400. The van der Waals surface area contributed by atoms with Gasteiger partial charge >= 0.3 is 0 Å². The Morgan fingerprint density at radius 2 is 2.21 bits per heavy atom. The van der Waals surface area contributed by atoms with Gasteiger partial charge in [-0.2, -0.15) is 0 Å². The van der Waals surface area contributed by atoms with Crippen LogP contribution in [0.2, 0.25) is 0 Å². The Morgan fingerprint density at radius 3 is 2.95 bits per heavy atom. The van der Waals surface area contributed by atoms with E-state index in [1.54, 1.807) is 12.1 Å². The first-order valence-corrected chi connectivity index (χ1v) is 6.55. The highest BCUT2D eigenvalue weighted by atomic mass is 19.1. The molecule has 0 saturated heterocycles. The summed E-state index contributed by atoms with van der Waals surface area (Å²) in [5.41, 5.74) is 3.28. The first-order valence-electron chi connectivity index (χ1n) is 6.55. The molecule has 1 aromatic carbocycles. The molecule has 1 heterocycles. The summed E-state index contributed by atoms with van der Waals surface area (Å²) in [5.74, 6) is 1.02. The Morgan fingerprint density at radius 1 is 1.37 bits per heavy atom. The largest absolute Gasteiger partial charge is 0.347 e. The molecule has 4 heteroatoms. The molecule has 0 radical (unpaired) electrons. The molecule has 0 saturated carbocycles. The van der Waals surface area contributed by atoms with Crippen molar-refractivity contribution in [3.05, 3.63) is 46.9 Å². The Labute approximate surface area is 112 Å². The van der Waals surface area contributed by atoms with Crippen LogP contribution in [0.25, 0.3) is 0 Å². The van der Waals surface area contributed by atoms with Gasteiger partial charge in [0, 0.05) is 26.1 Å². The summed E-state index contributed by atoms with van der Waals surface area (Å²) in [6.07, 6.45) is 2.78. The zero-order chi connectivity index (χ0) is 13.4. The third kappa shape index (κ3) is 2.23. The molecule has 1 aliphatic carbocycles. The van der Waals surface area contributed by atoms with Crippen LogP contribution in [0.4, 0.5) is 10.3 Å². The van der Waals surface area contributed by atoms with E-state index in [2.05, 4.69) is 5.16 Å². The molecule has 19 heavy (non-hydrogen) atoms. The average molecular weight is 260 g/mol. The van der Waals surface area contributed by atoms with Crippen LogP contribution < -0.4 is 4.90 Å². The SMILES string of the molecule is CN(C)c1onc2c1CCC(c1cccc(F)c1)C2. The number of benzene rings is 1. The van der Waals surface area contributed by atoms with E-state index in [9.17, 15) is 4.39 Å². The Bertz CT molecular complexity index is 592. The van der Waals surface area contributed by atoms with Crippen molar-refractivity contribution in [3.63, 3.8) is 0 Å². The number of aromatic nitrogens is 1. The minimum absolute atomic E-state index is 0.169. The molecule has 2 aromatic rings. The highest BCUT2D eigenvalue weighted by molar-refractivity contribution is 5.47. The smallest absolute Gasteiger partial charge is 0.230 e. The standard InChI is InChI=1S/C15H17FN2O/c1-18(2)15-13-7-6-11(9-14(13)17-19-15)10-4-3-5-12(16)8-10/h3-5,8,11H,6-7,9H2,1-2H3. The number of anilines is 1. The summed E-state index contributed by atoms with van der Waals surface area (Å²) in [5, 5.41) is 4.17. The highest BCUT2D eigenvalue weighted by Crippen LogP contribution is 2.36. The summed E-state index contributed by atoms with van der Waals surface area (Å²) in [6.45, 7) is 0. The lowest BCUT2D eigenvalue weighted by Crippen LogP contribution is -2.15. The molecule has 0 fully saturated rings. The molecule has 0 N–H and O–H groups in total. The van der Waals surface area contributed by atoms with Crippen LogP contribution in [0, 0.1) is 5.82 Å². The summed E-state index contributed by atoms with van der Waals surface area (Å²) in [7, 11) is 3.92. The van der Waals surface area contributed by atoms with Gasteiger partial charge in [-0.15, -0.1) is 0 Å². The number of halogens is 1. The van der Waals surface area contributed by atoms with E-state index in [-0.39, 0.29) is 5.82 Å². The van der Waals surface area contributed by atoms with E-state index in [1.165, 1.54) is 11.6 Å². The van der Waals surface area contributed by atoms with Gasteiger partial charge in [0.15, 0.2) is 0 Å². The summed E-state index contributed by atoms with van der Waals surface area (Å²) in [6, 6.07) is 6.88. The molecule has 0 bridgehead atoms. The van der Waals surface area contributed by atoms with Gasteiger partial charge in [-0.25, -0.2) is 4.39 Å². The van der Waals surface area contributed by atoms with Crippen LogP contribution >= 0.6 is 0 Å². The van der Waals surface area contributed by atoms with Gasteiger partial charge in [0.1, 0.15) is 5.82 Å². The predicted molar refractivity (Wildman–Crippen MR) is 72.0 cm³/mol. The van der Waals surface area contributed by atoms with Crippen molar-refractivity contribution in [2.75, 3.05) is 19.0 Å². The average Bonchev–Trinajstić information content (AvgIpc) is 2.81. The minimum atomic E-state index is -0.169. The second-order valence-electron chi connectivity index (χ2n) is 5.30. The number of nitrogens with zero attached hydrogens (tertiary/aromatic N) is 2. The summed E-state index contributed by atoms with van der Waals surface area (Å²) < 4.78 is 18.7. The molecule has 0 amide bonds. The van der Waals surface area contributed by atoms with Crippen molar-refractivity contribution in [2.45, 2.75) is 25.2 Å². The van der Waals surface area contributed by atoms with Crippen LogP contribution in [0.5, 0.6) is 0 Å². The molecular formula is C15H17FN2O. The van der Waals surface area contributed by atoms with Gasteiger partial charge in [-0.05, 0) is 36.5 Å². The van der Waals surface area contributed by atoms with Crippen molar-refractivity contribution >= 4 is 5.88 Å². The van der Waals surface area contributed by atoms with Crippen molar-refractivity contribution < 1.29 is 8.91 Å². The van der Waals surface area contributed by atoms with Gasteiger partial charge in [0.25, 0.3) is 0 Å². The number of hydrogen-bond acceptors (Lipinski definition) is 3. The molecule has 1 aliphatic rings. The van der Waals surface area contributed by atoms with Crippen molar-refractivity contribution in [1.82, 2.24) is 5.16 Å². The van der Waals surface area contributed by atoms with Crippen molar-refractivity contribution in [3.8, 4) is 0 Å². The van der Waals surface area contributed by atoms with E-state index in [0.717, 1.165) is 36.4 Å². The van der Waals surface area contributed by atoms with Gasteiger partial charge in [-0.3, -0.25) is 0 Å². The first-order chi connectivity index (χ1) is 9.15. The monoisotopic (exact) mass is 260 g/mol. The maximum Gasteiger partial charge on any atom is 0.230 e. The van der Waals surface area contributed by atoms with Crippen LogP contribution in [-0.2, 0) is 12.8 Å². The molecule has 1 atom stereocenters. The van der Waals surface area contributed by atoms with Crippen molar-refractivity contribution in [2.24, 2.45) is 0 Å². The topological polar surface area (TPSA) is 29.3 Å². The fourth-order valence-electron chi connectivity index (χ4n) is 2.79. The molecular weight excluding hydrogens is 243 g/mol. The lowest BCUT2D eigenvalue weighted by atomic mass is 9.83. The molecule has 100 valence electrons. The summed E-state index contributed by atoms with van der Waals surface area (Å²) >= 11 is 0. The van der Waals surface area contributed by atoms with Gasteiger partial charge in [0.05, 0.1) is 5.69 Å². The predicted octanol–water partition coefficient (Wildman–Crippen LogP) is 3.15. The number of hydrogen-bond donors (Lipinski definition) is 0. The van der Waals surface area contributed by atoms with Crippen LogP contribution in [-0.4, -0.2) is 19.3 Å². The van der Waals surface area contributed by atoms with Crippen LogP contribution in [0.1, 0.15) is 29.2 Å². The maximum atomic E-state index is 13.3. The fourth-order valence-corrected chi connectivity index (χ4v) is 2.79. The second kappa shape index (κ2) is 4.68. The van der Waals surface area contributed by atoms with Crippen molar-refractivity contribution in [1.29, 1.82) is 0 Å². The quantitative estimate of drug-likeness (QED) is 0.830. The third-order valence-electron chi connectivity index (χ3n) is 3.76. The highest BCUT2D eigenvalue weighted by Gasteiger charge is 2.27. The molecule has 0 aliphatic heterocycles. The summed E-state index contributed by atoms with van der Waals surface area (Å²) in [4.78, 5) is 1.95. The van der Waals surface area contributed by atoms with E-state index in [4.69, 9.17) is 4.52 Å².